The molecular weight excluding hydrogens is 280 g/mol. The Labute approximate surface area is 111 Å². The molecule has 17 heavy (non-hydrogen) atoms. The summed E-state index contributed by atoms with van der Waals surface area (Å²) in [6.07, 6.45) is 2.63. The van der Waals surface area contributed by atoms with Crippen LogP contribution >= 0.6 is 15.9 Å². The van der Waals surface area contributed by atoms with Crippen molar-refractivity contribution in [1.82, 2.24) is 0 Å². The molecular formula is C14H17BrO2. The molecule has 0 N–H and O–H groups in total. The van der Waals surface area contributed by atoms with Crippen LogP contribution in [0.3, 0.4) is 0 Å². The topological polar surface area (TPSA) is 18.5 Å². The Hall–Kier alpha value is -1.06. The molecule has 1 rings (SSSR count). The van der Waals surface area contributed by atoms with Gasteiger partial charge in [0.05, 0.1) is 19.8 Å². The third kappa shape index (κ3) is 4.75. The molecule has 3 heteroatoms. The molecule has 0 bridgehead atoms. The summed E-state index contributed by atoms with van der Waals surface area (Å²) in [5.41, 5.74) is 1.11. The maximum Gasteiger partial charge on any atom is 0.118 e. The van der Waals surface area contributed by atoms with Gasteiger partial charge >= 0.3 is 0 Å². The summed E-state index contributed by atoms with van der Waals surface area (Å²) in [6.45, 7) is 7.99. The first kappa shape index (κ1) is 14.0. The van der Waals surface area contributed by atoms with Gasteiger partial charge in [-0.1, -0.05) is 40.7 Å². The zero-order valence-corrected chi connectivity index (χ0v) is 11.6. The average Bonchev–Trinajstić information content (AvgIpc) is 2.34. The summed E-state index contributed by atoms with van der Waals surface area (Å²) in [5, 5.41) is 0. The normalized spacial score (nSPS) is 11.9. The molecule has 0 aliphatic rings. The standard InChI is InChI=1S/C14H17BrO2/c1-4-5-14(17-10-11(2)15)12-6-8-13(16-3)9-7-12/h4,6-9,14H,1-2,5,10H2,3H3. The zero-order valence-electron chi connectivity index (χ0n) is 9.99. The third-order valence-corrected chi connectivity index (χ3v) is 2.54. The molecule has 0 fully saturated rings. The maximum atomic E-state index is 5.75. The highest BCUT2D eigenvalue weighted by Gasteiger charge is 2.10. The van der Waals surface area contributed by atoms with Crippen LogP contribution in [0.15, 0.2) is 48.0 Å². The molecule has 0 heterocycles. The SMILES string of the molecule is C=CCC(OCC(=C)Br)c1ccc(OC)cc1. The van der Waals surface area contributed by atoms with Crippen LogP contribution in [0, 0.1) is 0 Å². The number of hydrogen-bond donors (Lipinski definition) is 0. The molecule has 0 aliphatic heterocycles. The smallest absolute Gasteiger partial charge is 0.118 e. The number of methoxy groups -OCH3 is 1. The van der Waals surface area contributed by atoms with Gasteiger partial charge in [0.2, 0.25) is 0 Å². The second-order valence-corrected chi connectivity index (χ2v) is 4.74. The van der Waals surface area contributed by atoms with E-state index in [0.717, 1.165) is 22.2 Å². The van der Waals surface area contributed by atoms with Gasteiger partial charge < -0.3 is 9.47 Å². The van der Waals surface area contributed by atoms with Crippen molar-refractivity contribution < 1.29 is 9.47 Å². The van der Waals surface area contributed by atoms with Gasteiger partial charge in [0, 0.05) is 4.48 Å². The summed E-state index contributed by atoms with van der Waals surface area (Å²) in [6, 6.07) is 7.86. The highest BCUT2D eigenvalue weighted by atomic mass is 79.9. The van der Waals surface area contributed by atoms with Gasteiger partial charge in [-0.2, -0.15) is 0 Å². The monoisotopic (exact) mass is 296 g/mol. The van der Waals surface area contributed by atoms with Crippen molar-refractivity contribution in [2.24, 2.45) is 0 Å². The van der Waals surface area contributed by atoms with Crippen molar-refractivity contribution >= 4 is 15.9 Å². The highest BCUT2D eigenvalue weighted by Crippen LogP contribution is 2.24. The third-order valence-electron chi connectivity index (χ3n) is 2.31. The number of rotatable bonds is 7. The van der Waals surface area contributed by atoms with Gasteiger partial charge in [-0.3, -0.25) is 0 Å². The minimum absolute atomic E-state index is 0.00714. The fraction of sp³-hybridized carbons (Fsp3) is 0.286. The van der Waals surface area contributed by atoms with Crippen molar-refractivity contribution in [3.63, 3.8) is 0 Å². The largest absolute Gasteiger partial charge is 0.497 e. The van der Waals surface area contributed by atoms with E-state index in [1.165, 1.54) is 0 Å². The molecule has 0 saturated heterocycles. The molecule has 92 valence electrons. The fourth-order valence-corrected chi connectivity index (χ4v) is 1.59. The van der Waals surface area contributed by atoms with Gasteiger partial charge in [0.1, 0.15) is 5.75 Å². The fourth-order valence-electron chi connectivity index (χ4n) is 1.46. The van der Waals surface area contributed by atoms with E-state index in [9.17, 15) is 0 Å². The van der Waals surface area contributed by atoms with Crippen molar-refractivity contribution in [3.05, 3.63) is 53.5 Å². The van der Waals surface area contributed by atoms with Gasteiger partial charge in [0.15, 0.2) is 0 Å². The van der Waals surface area contributed by atoms with E-state index in [1.807, 2.05) is 30.3 Å². The molecule has 1 atom stereocenters. The highest BCUT2D eigenvalue weighted by molar-refractivity contribution is 9.11. The number of ether oxygens (including phenoxy) is 2. The lowest BCUT2D eigenvalue weighted by molar-refractivity contribution is 0.0754. The van der Waals surface area contributed by atoms with Crippen molar-refractivity contribution in [2.45, 2.75) is 12.5 Å². The van der Waals surface area contributed by atoms with Gasteiger partial charge in [-0.15, -0.1) is 6.58 Å². The lowest BCUT2D eigenvalue weighted by Gasteiger charge is -2.16. The first-order valence-corrected chi connectivity index (χ1v) is 6.16. The molecule has 0 spiro atoms. The van der Waals surface area contributed by atoms with Crippen molar-refractivity contribution in [3.8, 4) is 5.75 Å². The lowest BCUT2D eigenvalue weighted by Crippen LogP contribution is -2.04. The van der Waals surface area contributed by atoms with E-state index in [-0.39, 0.29) is 6.10 Å². The summed E-state index contributed by atoms with van der Waals surface area (Å²) in [5.74, 6) is 0.844. The van der Waals surface area contributed by atoms with E-state index in [0.29, 0.717) is 6.61 Å². The molecule has 0 aliphatic carbocycles. The van der Waals surface area contributed by atoms with Gasteiger partial charge in [-0.25, -0.2) is 0 Å². The van der Waals surface area contributed by atoms with Crippen LogP contribution in [0.1, 0.15) is 18.1 Å². The Kier molecular flexibility index (Phi) is 6.01. The molecule has 0 saturated carbocycles. The summed E-state index contributed by atoms with van der Waals surface area (Å²) in [4.78, 5) is 0. The predicted octanol–water partition coefficient (Wildman–Crippen LogP) is 4.24. The Morgan fingerprint density at radius 2 is 2.06 bits per heavy atom. The molecule has 0 amide bonds. The van der Waals surface area contributed by atoms with Crippen LogP contribution in [0.5, 0.6) is 5.75 Å². The summed E-state index contributed by atoms with van der Waals surface area (Å²) >= 11 is 3.28. The first-order chi connectivity index (χ1) is 8.17. The van der Waals surface area contributed by atoms with Crippen LogP contribution in [-0.4, -0.2) is 13.7 Å². The zero-order chi connectivity index (χ0) is 12.7. The van der Waals surface area contributed by atoms with Crippen LogP contribution in [0.2, 0.25) is 0 Å². The Bertz CT molecular complexity index is 370. The maximum absolute atomic E-state index is 5.75. The molecule has 0 radical (unpaired) electrons. The van der Waals surface area contributed by atoms with Crippen LogP contribution in [0.4, 0.5) is 0 Å². The van der Waals surface area contributed by atoms with E-state index in [1.54, 1.807) is 7.11 Å². The molecule has 0 aromatic heterocycles. The van der Waals surface area contributed by atoms with Crippen LogP contribution in [0.25, 0.3) is 0 Å². The Balaban J connectivity index is 2.73. The molecule has 1 aromatic carbocycles. The lowest BCUT2D eigenvalue weighted by atomic mass is 10.1. The van der Waals surface area contributed by atoms with Gasteiger partial charge in [-0.05, 0) is 24.1 Å². The molecule has 1 aromatic rings. The van der Waals surface area contributed by atoms with Crippen LogP contribution in [-0.2, 0) is 4.74 Å². The second-order valence-electron chi connectivity index (χ2n) is 3.61. The first-order valence-electron chi connectivity index (χ1n) is 5.37. The van der Waals surface area contributed by atoms with E-state index >= 15 is 0 Å². The van der Waals surface area contributed by atoms with Crippen molar-refractivity contribution in [2.75, 3.05) is 13.7 Å². The Morgan fingerprint density at radius 3 is 2.53 bits per heavy atom. The van der Waals surface area contributed by atoms with E-state index < -0.39 is 0 Å². The predicted molar refractivity (Wildman–Crippen MR) is 74.6 cm³/mol. The minimum atomic E-state index is 0.00714. The van der Waals surface area contributed by atoms with E-state index in [2.05, 4.69) is 29.1 Å². The summed E-state index contributed by atoms with van der Waals surface area (Å²) < 4.78 is 11.7. The number of halogens is 1. The quantitative estimate of drug-likeness (QED) is 0.701. The molecule has 1 unspecified atom stereocenters. The van der Waals surface area contributed by atoms with Gasteiger partial charge in [0.25, 0.3) is 0 Å². The summed E-state index contributed by atoms with van der Waals surface area (Å²) in [7, 11) is 1.65. The number of hydrogen-bond acceptors (Lipinski definition) is 2. The van der Waals surface area contributed by atoms with Crippen molar-refractivity contribution in [1.29, 1.82) is 0 Å². The van der Waals surface area contributed by atoms with E-state index in [4.69, 9.17) is 9.47 Å². The number of benzene rings is 1. The second kappa shape index (κ2) is 7.30. The average molecular weight is 297 g/mol. The Morgan fingerprint density at radius 1 is 1.41 bits per heavy atom. The van der Waals surface area contributed by atoms with Crippen LogP contribution < -0.4 is 4.74 Å². The molecule has 2 nitrogen and oxygen atoms in total. The minimum Gasteiger partial charge on any atom is -0.497 e.